The average Bonchev–Trinajstić information content (AvgIpc) is 3.31. The highest BCUT2D eigenvalue weighted by Gasteiger charge is 2.17. The van der Waals surface area contributed by atoms with Crippen LogP contribution in [0.1, 0.15) is 25.8 Å². The molecule has 5 aromatic rings. The van der Waals surface area contributed by atoms with E-state index < -0.39 is 0 Å². The molecule has 0 spiro atoms. The lowest BCUT2D eigenvalue weighted by molar-refractivity contribution is 0.207. The molecule has 0 aliphatic carbocycles. The van der Waals surface area contributed by atoms with Gasteiger partial charge in [-0.15, -0.1) is 0 Å². The van der Waals surface area contributed by atoms with Crippen molar-refractivity contribution in [3.05, 3.63) is 87.7 Å². The lowest BCUT2D eigenvalue weighted by atomic mass is 10.2. The molecule has 0 fully saturated rings. The second-order valence-corrected chi connectivity index (χ2v) is 8.76. The van der Waals surface area contributed by atoms with Crippen molar-refractivity contribution >= 4 is 39.7 Å². The Labute approximate surface area is 212 Å². The zero-order valence-corrected chi connectivity index (χ0v) is 20.8. The van der Waals surface area contributed by atoms with Crippen LogP contribution in [0.25, 0.3) is 33.5 Å². The summed E-state index contributed by atoms with van der Waals surface area (Å²) in [6.45, 7) is 4.03. The van der Waals surface area contributed by atoms with Gasteiger partial charge in [0.1, 0.15) is 5.58 Å². The third kappa shape index (κ3) is 4.45. The van der Waals surface area contributed by atoms with Gasteiger partial charge in [0, 0.05) is 16.0 Å². The molecule has 3 aromatic carbocycles. The van der Waals surface area contributed by atoms with Crippen LogP contribution in [0.2, 0.25) is 5.02 Å². The van der Waals surface area contributed by atoms with E-state index in [1.165, 1.54) is 4.68 Å². The van der Waals surface area contributed by atoms with E-state index in [9.17, 15) is 4.79 Å². The molecule has 2 heterocycles. The zero-order chi connectivity index (χ0) is 25.2. The van der Waals surface area contributed by atoms with Gasteiger partial charge in [-0.05, 0) is 61.9 Å². The van der Waals surface area contributed by atoms with Crippen LogP contribution in [0.5, 0.6) is 11.5 Å². The summed E-state index contributed by atoms with van der Waals surface area (Å²) in [7, 11) is 1.59. The second kappa shape index (κ2) is 9.87. The summed E-state index contributed by atoms with van der Waals surface area (Å²) >= 11 is 6.15. The predicted molar refractivity (Wildman–Crippen MR) is 143 cm³/mol. The van der Waals surface area contributed by atoms with Crippen LogP contribution in [-0.2, 0) is 0 Å². The number of aromatic nitrogens is 2. The molecule has 0 unspecified atom stereocenters. The Morgan fingerprint density at radius 1 is 1.14 bits per heavy atom. The highest BCUT2D eigenvalue weighted by molar-refractivity contribution is 6.31. The first kappa shape index (κ1) is 23.6. The first-order chi connectivity index (χ1) is 17.5. The number of benzene rings is 3. The molecule has 0 radical (unpaired) electrons. The van der Waals surface area contributed by atoms with E-state index in [2.05, 4.69) is 5.10 Å². The van der Waals surface area contributed by atoms with E-state index in [1.807, 2.05) is 38.1 Å². The van der Waals surface area contributed by atoms with E-state index in [1.54, 1.807) is 55.8 Å². The third-order valence-electron chi connectivity index (χ3n) is 5.89. The molecule has 36 heavy (non-hydrogen) atoms. The van der Waals surface area contributed by atoms with E-state index >= 15 is 0 Å². The van der Waals surface area contributed by atoms with Crippen molar-refractivity contribution in [3.63, 3.8) is 0 Å². The van der Waals surface area contributed by atoms with Crippen molar-refractivity contribution < 1.29 is 13.9 Å². The average molecular weight is 502 g/mol. The van der Waals surface area contributed by atoms with Crippen LogP contribution in [0, 0.1) is 0 Å². The number of ether oxygens (including phenoxy) is 2. The van der Waals surface area contributed by atoms with Gasteiger partial charge >= 0.3 is 0 Å². The Balaban J connectivity index is 1.69. The summed E-state index contributed by atoms with van der Waals surface area (Å²) < 4.78 is 18.9. The van der Waals surface area contributed by atoms with Crippen molar-refractivity contribution in [2.45, 2.75) is 26.4 Å². The quantitative estimate of drug-likeness (QED) is 0.237. The Kier molecular flexibility index (Phi) is 6.48. The fourth-order valence-corrected chi connectivity index (χ4v) is 4.02. The molecule has 0 saturated carbocycles. The summed E-state index contributed by atoms with van der Waals surface area (Å²) in [5, 5.41) is 6.38. The molecule has 0 aliphatic rings. The molecule has 1 atom stereocenters. The Hall–Kier alpha value is -4.10. The maximum Gasteiger partial charge on any atom is 0.282 e. The fourth-order valence-electron chi connectivity index (χ4n) is 3.84. The largest absolute Gasteiger partial charge is 0.493 e. The van der Waals surface area contributed by atoms with E-state index in [-0.39, 0.29) is 17.5 Å². The third-order valence-corrected chi connectivity index (χ3v) is 6.12. The minimum atomic E-state index is -0.322. The SMILES string of the molecule is CC[C@H](C)Oc1c(C=Nn2c(-c3cc4cc(Cl)ccc4o3)nc3ccccc3c2=O)cccc1OC. The van der Waals surface area contributed by atoms with Crippen LogP contribution in [0.15, 0.2) is 81.0 Å². The molecule has 0 bridgehead atoms. The standard InChI is InChI=1S/C28H24ClN3O4/c1-4-17(2)35-26-18(8-7-11-24(26)34-3)16-30-32-27(31-22-10-6-5-9-21(22)28(32)33)25-15-19-14-20(29)12-13-23(19)36-25/h5-17H,4H2,1-3H3/t17-/m0/s1. The summed E-state index contributed by atoms with van der Waals surface area (Å²) in [5.41, 5.74) is 1.52. The molecule has 5 rings (SSSR count). The Morgan fingerprint density at radius 3 is 2.78 bits per heavy atom. The van der Waals surface area contributed by atoms with Gasteiger partial charge in [0.25, 0.3) is 5.56 Å². The summed E-state index contributed by atoms with van der Waals surface area (Å²) in [5.74, 6) is 1.81. The summed E-state index contributed by atoms with van der Waals surface area (Å²) in [6, 6.07) is 19.8. The van der Waals surface area contributed by atoms with Crippen LogP contribution < -0.4 is 15.0 Å². The van der Waals surface area contributed by atoms with Crippen molar-refractivity contribution in [2.24, 2.45) is 5.10 Å². The summed E-state index contributed by atoms with van der Waals surface area (Å²) in [6.07, 6.45) is 2.36. The smallest absolute Gasteiger partial charge is 0.282 e. The van der Waals surface area contributed by atoms with Crippen LogP contribution in [-0.4, -0.2) is 29.1 Å². The molecular weight excluding hydrogens is 478 g/mol. The number of nitrogens with zero attached hydrogens (tertiary/aromatic N) is 3. The number of halogens is 1. The van der Waals surface area contributed by atoms with Gasteiger partial charge < -0.3 is 13.9 Å². The van der Waals surface area contributed by atoms with Crippen molar-refractivity contribution in [2.75, 3.05) is 7.11 Å². The van der Waals surface area contributed by atoms with Gasteiger partial charge in [-0.1, -0.05) is 36.7 Å². The Morgan fingerprint density at radius 2 is 1.97 bits per heavy atom. The molecule has 0 aliphatic heterocycles. The number of para-hydroxylation sites is 2. The molecule has 0 saturated heterocycles. The zero-order valence-electron chi connectivity index (χ0n) is 20.1. The van der Waals surface area contributed by atoms with E-state index in [0.717, 1.165) is 11.8 Å². The number of rotatable bonds is 7. The van der Waals surface area contributed by atoms with E-state index in [0.29, 0.717) is 44.3 Å². The van der Waals surface area contributed by atoms with Crippen molar-refractivity contribution in [1.82, 2.24) is 9.66 Å². The lowest BCUT2D eigenvalue weighted by Crippen LogP contribution is -2.20. The van der Waals surface area contributed by atoms with Crippen LogP contribution in [0.3, 0.4) is 0 Å². The van der Waals surface area contributed by atoms with Gasteiger partial charge in [-0.2, -0.15) is 9.78 Å². The maximum atomic E-state index is 13.5. The van der Waals surface area contributed by atoms with Gasteiger partial charge in [0.05, 0.1) is 30.3 Å². The summed E-state index contributed by atoms with van der Waals surface area (Å²) in [4.78, 5) is 18.3. The number of methoxy groups -OCH3 is 1. The highest BCUT2D eigenvalue weighted by Crippen LogP contribution is 2.32. The molecule has 0 amide bonds. The lowest BCUT2D eigenvalue weighted by Gasteiger charge is -2.17. The predicted octanol–water partition coefficient (Wildman–Crippen LogP) is 6.53. The van der Waals surface area contributed by atoms with E-state index in [4.69, 9.17) is 30.5 Å². The normalized spacial score (nSPS) is 12.4. The second-order valence-electron chi connectivity index (χ2n) is 8.32. The number of fused-ring (bicyclic) bond motifs is 2. The molecule has 8 heteroatoms. The first-order valence-corrected chi connectivity index (χ1v) is 12.0. The number of furan rings is 1. The Bertz CT molecular complexity index is 1650. The fraction of sp³-hybridized carbons (Fsp3) is 0.179. The topological polar surface area (TPSA) is 78.9 Å². The molecule has 0 N–H and O–H groups in total. The van der Waals surface area contributed by atoms with Crippen molar-refractivity contribution in [3.8, 4) is 23.1 Å². The number of hydrogen-bond donors (Lipinski definition) is 0. The van der Waals surface area contributed by atoms with Gasteiger partial charge in [-0.25, -0.2) is 4.98 Å². The highest BCUT2D eigenvalue weighted by atomic mass is 35.5. The molecular formula is C28H24ClN3O4. The molecule has 182 valence electrons. The van der Waals surface area contributed by atoms with Gasteiger partial charge in [0.2, 0.25) is 5.82 Å². The first-order valence-electron chi connectivity index (χ1n) is 11.6. The molecule has 7 nitrogen and oxygen atoms in total. The molecule has 2 aromatic heterocycles. The monoisotopic (exact) mass is 501 g/mol. The maximum absolute atomic E-state index is 13.5. The number of hydrogen-bond acceptors (Lipinski definition) is 6. The van der Waals surface area contributed by atoms with Crippen LogP contribution >= 0.6 is 11.6 Å². The minimum absolute atomic E-state index is 0.0311. The minimum Gasteiger partial charge on any atom is -0.493 e. The van der Waals surface area contributed by atoms with Crippen molar-refractivity contribution in [1.29, 1.82) is 0 Å². The van der Waals surface area contributed by atoms with Crippen LogP contribution in [0.4, 0.5) is 0 Å². The van der Waals surface area contributed by atoms with Gasteiger partial charge in [0.15, 0.2) is 17.3 Å². The van der Waals surface area contributed by atoms with Gasteiger partial charge in [-0.3, -0.25) is 4.79 Å².